The second kappa shape index (κ2) is 7.29. The molecule has 0 spiro atoms. The first-order chi connectivity index (χ1) is 13.1. The van der Waals surface area contributed by atoms with Crippen molar-refractivity contribution in [2.45, 2.75) is 19.5 Å². The topological polar surface area (TPSA) is 52.0 Å². The van der Waals surface area contributed by atoms with E-state index in [1.54, 1.807) is 6.07 Å². The van der Waals surface area contributed by atoms with Crippen molar-refractivity contribution in [3.63, 3.8) is 0 Å². The van der Waals surface area contributed by atoms with E-state index >= 15 is 0 Å². The van der Waals surface area contributed by atoms with Crippen LogP contribution in [0.4, 0.5) is 5.69 Å². The molecule has 1 unspecified atom stereocenters. The van der Waals surface area contributed by atoms with Crippen molar-refractivity contribution >= 4 is 22.4 Å². The van der Waals surface area contributed by atoms with Crippen molar-refractivity contribution in [2.75, 3.05) is 19.2 Å². The van der Waals surface area contributed by atoms with Gasteiger partial charge in [0.05, 0.1) is 7.05 Å². The number of carbonyl (C=O) groups is 1. The Balaban J connectivity index is 1.41. The number of quaternary nitrogens is 1. The smallest absolute Gasteiger partial charge is 0.282 e. The summed E-state index contributed by atoms with van der Waals surface area (Å²) in [5.74, 6) is 1.35. The Labute approximate surface area is 158 Å². The minimum absolute atomic E-state index is 0.0212. The summed E-state index contributed by atoms with van der Waals surface area (Å²) in [6, 6.07) is 20.0. The largest absolute Gasteiger partial charge is 0.454 e. The van der Waals surface area contributed by atoms with Gasteiger partial charge in [0.25, 0.3) is 5.91 Å². The van der Waals surface area contributed by atoms with E-state index in [0.717, 1.165) is 17.1 Å². The number of fused-ring (bicyclic) bond motifs is 2. The van der Waals surface area contributed by atoms with Gasteiger partial charge in [-0.15, -0.1) is 0 Å². The van der Waals surface area contributed by atoms with E-state index in [0.29, 0.717) is 11.5 Å². The monoisotopic (exact) mass is 363 g/mol. The van der Waals surface area contributed by atoms with Crippen LogP contribution in [0.3, 0.4) is 0 Å². The number of carbonyl (C=O) groups excluding carboxylic acids is 1. The summed E-state index contributed by atoms with van der Waals surface area (Å²) < 4.78 is 10.7. The molecule has 0 aliphatic carbocycles. The maximum Gasteiger partial charge on any atom is 0.282 e. The Kier molecular flexibility index (Phi) is 4.69. The zero-order valence-electron chi connectivity index (χ0n) is 15.5. The molecule has 0 saturated heterocycles. The highest BCUT2D eigenvalue weighted by Gasteiger charge is 2.23. The van der Waals surface area contributed by atoms with Crippen LogP contribution < -0.4 is 19.7 Å². The van der Waals surface area contributed by atoms with Crippen LogP contribution >= 0.6 is 0 Å². The minimum atomic E-state index is -0.193. The van der Waals surface area contributed by atoms with Gasteiger partial charge in [0.1, 0.15) is 6.54 Å². The van der Waals surface area contributed by atoms with Gasteiger partial charge in [-0.05, 0) is 35.9 Å². The second-order valence-electron chi connectivity index (χ2n) is 6.98. The van der Waals surface area contributed by atoms with Crippen LogP contribution in [0.2, 0.25) is 0 Å². The molecule has 27 heavy (non-hydrogen) atoms. The molecule has 0 saturated carbocycles. The predicted molar refractivity (Wildman–Crippen MR) is 105 cm³/mol. The van der Waals surface area contributed by atoms with Gasteiger partial charge in [-0.25, -0.2) is 0 Å². The van der Waals surface area contributed by atoms with E-state index in [4.69, 9.17) is 9.47 Å². The molecule has 0 radical (unpaired) electrons. The number of anilines is 1. The van der Waals surface area contributed by atoms with Crippen LogP contribution in [0.15, 0.2) is 60.7 Å². The third kappa shape index (κ3) is 3.73. The lowest BCUT2D eigenvalue weighted by Crippen LogP contribution is -3.12. The van der Waals surface area contributed by atoms with Crippen molar-refractivity contribution in [2.24, 2.45) is 0 Å². The van der Waals surface area contributed by atoms with Crippen molar-refractivity contribution in [1.82, 2.24) is 0 Å². The fourth-order valence-electron chi connectivity index (χ4n) is 3.27. The minimum Gasteiger partial charge on any atom is -0.454 e. The molecule has 2 N–H and O–H groups in total. The molecular weight excluding hydrogens is 340 g/mol. The fourth-order valence-corrected chi connectivity index (χ4v) is 3.27. The first-order valence-electron chi connectivity index (χ1n) is 9.10. The summed E-state index contributed by atoms with van der Waals surface area (Å²) in [5, 5.41) is 5.42. The molecule has 1 amide bonds. The average Bonchev–Trinajstić information content (AvgIpc) is 3.15. The lowest BCUT2D eigenvalue weighted by Gasteiger charge is -2.21. The number of amides is 1. The normalized spacial score (nSPS) is 14.7. The highest BCUT2D eigenvalue weighted by Crippen LogP contribution is 2.34. The molecule has 1 aliphatic heterocycles. The van der Waals surface area contributed by atoms with E-state index in [9.17, 15) is 4.79 Å². The maximum atomic E-state index is 12.7. The molecule has 2 atom stereocenters. The van der Waals surface area contributed by atoms with E-state index in [2.05, 4.69) is 35.6 Å². The van der Waals surface area contributed by atoms with Gasteiger partial charge in [0.2, 0.25) is 6.79 Å². The Hall–Kier alpha value is -3.05. The van der Waals surface area contributed by atoms with E-state index < -0.39 is 0 Å². The Morgan fingerprint density at radius 1 is 1.04 bits per heavy atom. The van der Waals surface area contributed by atoms with Gasteiger partial charge in [0, 0.05) is 17.3 Å². The van der Waals surface area contributed by atoms with Gasteiger partial charge in [-0.2, -0.15) is 0 Å². The SMILES string of the molecule is C[C@H](C(=O)Nc1ccc2c(c1)OCO2)[NH+](C)Cc1ccc2ccccc2c1. The summed E-state index contributed by atoms with van der Waals surface area (Å²) in [5.41, 5.74) is 1.93. The van der Waals surface area contributed by atoms with E-state index in [1.807, 2.05) is 38.2 Å². The lowest BCUT2D eigenvalue weighted by molar-refractivity contribution is -0.907. The maximum absolute atomic E-state index is 12.7. The van der Waals surface area contributed by atoms with Crippen molar-refractivity contribution in [3.05, 3.63) is 66.2 Å². The van der Waals surface area contributed by atoms with Crippen LogP contribution in [-0.4, -0.2) is 25.8 Å². The van der Waals surface area contributed by atoms with Gasteiger partial charge in [-0.1, -0.05) is 36.4 Å². The Bertz CT molecular complexity index is 986. The summed E-state index contributed by atoms with van der Waals surface area (Å²) in [6.45, 7) is 2.95. The van der Waals surface area contributed by atoms with Crippen LogP contribution in [0.5, 0.6) is 11.5 Å². The Morgan fingerprint density at radius 3 is 2.67 bits per heavy atom. The molecule has 0 aromatic heterocycles. The number of nitrogens with one attached hydrogen (secondary N) is 2. The molecule has 1 heterocycles. The Morgan fingerprint density at radius 2 is 1.81 bits per heavy atom. The highest BCUT2D eigenvalue weighted by atomic mass is 16.7. The summed E-state index contributed by atoms with van der Waals surface area (Å²) >= 11 is 0. The molecule has 0 bridgehead atoms. The van der Waals surface area contributed by atoms with Crippen molar-refractivity contribution < 1.29 is 19.2 Å². The van der Waals surface area contributed by atoms with Crippen LogP contribution in [-0.2, 0) is 11.3 Å². The van der Waals surface area contributed by atoms with Gasteiger partial charge < -0.3 is 19.7 Å². The quantitative estimate of drug-likeness (QED) is 0.733. The molecule has 5 heteroatoms. The number of benzene rings is 3. The first kappa shape index (κ1) is 17.4. The van der Waals surface area contributed by atoms with E-state index in [1.165, 1.54) is 16.3 Å². The zero-order chi connectivity index (χ0) is 18.8. The lowest BCUT2D eigenvalue weighted by atomic mass is 10.1. The van der Waals surface area contributed by atoms with Crippen LogP contribution in [0.25, 0.3) is 10.8 Å². The summed E-state index contributed by atoms with van der Waals surface area (Å²) in [7, 11) is 2.04. The second-order valence-corrected chi connectivity index (χ2v) is 6.98. The fraction of sp³-hybridized carbons (Fsp3) is 0.227. The van der Waals surface area contributed by atoms with Gasteiger partial charge >= 0.3 is 0 Å². The number of rotatable bonds is 5. The molecule has 3 aromatic rings. The standard InChI is InChI=1S/C22H22N2O3/c1-15(22(25)23-19-9-10-20-21(12-19)27-14-26-20)24(2)13-16-7-8-17-5-3-4-6-18(17)11-16/h3-12,15H,13-14H2,1-2H3,(H,23,25)/p+1/t15-/m1/s1. The summed E-state index contributed by atoms with van der Waals surface area (Å²) in [6.07, 6.45) is 0. The van der Waals surface area contributed by atoms with Crippen LogP contribution in [0.1, 0.15) is 12.5 Å². The molecule has 1 aliphatic rings. The number of hydrogen-bond acceptors (Lipinski definition) is 3. The van der Waals surface area contributed by atoms with Gasteiger partial charge in [0.15, 0.2) is 17.5 Å². The highest BCUT2D eigenvalue weighted by molar-refractivity contribution is 5.94. The molecular formula is C22H23N2O3+. The average molecular weight is 363 g/mol. The summed E-state index contributed by atoms with van der Waals surface area (Å²) in [4.78, 5) is 13.8. The molecule has 138 valence electrons. The van der Waals surface area contributed by atoms with Crippen molar-refractivity contribution in [3.8, 4) is 11.5 Å². The third-order valence-corrected chi connectivity index (χ3v) is 5.07. The first-order valence-corrected chi connectivity index (χ1v) is 9.10. The number of hydrogen-bond donors (Lipinski definition) is 2. The van der Waals surface area contributed by atoms with Crippen LogP contribution in [0, 0.1) is 0 Å². The number of ether oxygens (including phenoxy) is 2. The predicted octanol–water partition coefficient (Wildman–Crippen LogP) is 2.61. The molecule has 3 aromatic carbocycles. The van der Waals surface area contributed by atoms with E-state index in [-0.39, 0.29) is 18.7 Å². The van der Waals surface area contributed by atoms with Crippen molar-refractivity contribution in [1.29, 1.82) is 0 Å². The van der Waals surface area contributed by atoms with Gasteiger partial charge in [-0.3, -0.25) is 4.79 Å². The number of likely N-dealkylation sites (N-methyl/N-ethyl adjacent to an activating group) is 1. The third-order valence-electron chi connectivity index (χ3n) is 5.07. The molecule has 5 nitrogen and oxygen atoms in total. The zero-order valence-corrected chi connectivity index (χ0v) is 15.5. The molecule has 0 fully saturated rings. The molecule has 4 rings (SSSR count).